The van der Waals surface area contributed by atoms with Crippen LogP contribution in [-0.2, 0) is 5.75 Å². The highest BCUT2D eigenvalue weighted by Gasteiger charge is 2.05. The second-order valence-electron chi connectivity index (χ2n) is 4.00. The molecule has 0 amide bonds. The average Bonchev–Trinajstić information content (AvgIpc) is 2.75. The fourth-order valence-electron chi connectivity index (χ4n) is 1.40. The molecule has 0 atom stereocenters. The summed E-state index contributed by atoms with van der Waals surface area (Å²) in [5, 5.41) is 4.00. The van der Waals surface area contributed by atoms with Crippen molar-refractivity contribution in [2.24, 2.45) is 0 Å². The van der Waals surface area contributed by atoms with Crippen molar-refractivity contribution in [1.29, 1.82) is 0 Å². The van der Waals surface area contributed by atoms with E-state index in [0.717, 1.165) is 15.9 Å². The molecular formula is C13H14BrNS2. The molecule has 0 radical (unpaired) electrons. The highest BCUT2D eigenvalue weighted by molar-refractivity contribution is 9.10. The van der Waals surface area contributed by atoms with Crippen LogP contribution in [0.1, 0.15) is 18.9 Å². The summed E-state index contributed by atoms with van der Waals surface area (Å²) in [5.74, 6) is 1.01. The molecule has 0 aliphatic carbocycles. The van der Waals surface area contributed by atoms with Crippen molar-refractivity contribution < 1.29 is 0 Å². The minimum absolute atomic E-state index is 0.660. The van der Waals surface area contributed by atoms with E-state index in [0.29, 0.717) is 5.25 Å². The van der Waals surface area contributed by atoms with Crippen molar-refractivity contribution in [3.05, 3.63) is 39.1 Å². The molecule has 2 rings (SSSR count). The Morgan fingerprint density at radius 2 is 2.24 bits per heavy atom. The molecule has 1 aromatic carbocycles. The Kier molecular flexibility index (Phi) is 4.65. The van der Waals surface area contributed by atoms with E-state index in [1.165, 1.54) is 10.6 Å². The zero-order valence-corrected chi connectivity index (χ0v) is 13.0. The maximum atomic E-state index is 4.67. The Morgan fingerprint density at radius 3 is 2.94 bits per heavy atom. The number of nitrogens with zero attached hydrogens (tertiary/aromatic N) is 1. The smallest absolute Gasteiger partial charge is 0.103 e. The summed E-state index contributed by atoms with van der Waals surface area (Å²) in [6.07, 6.45) is 0. The number of thiazole rings is 1. The molecule has 0 fully saturated rings. The number of hydrogen-bond donors (Lipinski definition) is 0. The fourth-order valence-corrected chi connectivity index (χ4v) is 3.40. The second kappa shape index (κ2) is 6.03. The average molecular weight is 328 g/mol. The first-order chi connectivity index (χ1) is 8.15. The van der Waals surface area contributed by atoms with Crippen molar-refractivity contribution >= 4 is 39.0 Å². The third-order valence-electron chi connectivity index (χ3n) is 2.21. The fraction of sp³-hybridized carbons (Fsp3) is 0.308. The maximum Gasteiger partial charge on any atom is 0.103 e. The molecule has 0 spiro atoms. The van der Waals surface area contributed by atoms with Gasteiger partial charge in [0.1, 0.15) is 5.01 Å². The number of rotatable bonds is 4. The summed E-state index contributed by atoms with van der Waals surface area (Å²) in [6, 6.07) is 8.28. The van der Waals surface area contributed by atoms with E-state index in [1.54, 1.807) is 11.3 Å². The van der Waals surface area contributed by atoms with Crippen LogP contribution in [0.3, 0.4) is 0 Å². The van der Waals surface area contributed by atoms with Crippen LogP contribution in [0.4, 0.5) is 0 Å². The van der Waals surface area contributed by atoms with Gasteiger partial charge in [-0.3, -0.25) is 0 Å². The highest BCUT2D eigenvalue weighted by Crippen LogP contribution is 2.27. The van der Waals surface area contributed by atoms with Gasteiger partial charge in [-0.05, 0) is 17.4 Å². The van der Waals surface area contributed by atoms with Gasteiger partial charge in [0.2, 0.25) is 0 Å². The molecule has 0 aliphatic rings. The van der Waals surface area contributed by atoms with Crippen molar-refractivity contribution in [1.82, 2.24) is 4.98 Å². The van der Waals surface area contributed by atoms with Crippen LogP contribution < -0.4 is 0 Å². The van der Waals surface area contributed by atoms with Crippen molar-refractivity contribution in [2.75, 3.05) is 0 Å². The first kappa shape index (κ1) is 13.1. The van der Waals surface area contributed by atoms with Crippen LogP contribution in [0, 0.1) is 0 Å². The largest absolute Gasteiger partial charge is 0.240 e. The number of aromatic nitrogens is 1. The van der Waals surface area contributed by atoms with Gasteiger partial charge in [-0.15, -0.1) is 11.3 Å². The standard InChI is InChI=1S/C13H14BrNS2/c1-9(2)16-8-13-15-12(7-17-13)10-4-3-5-11(14)6-10/h3-7,9H,8H2,1-2H3. The summed E-state index contributed by atoms with van der Waals surface area (Å²) < 4.78 is 1.10. The van der Waals surface area contributed by atoms with E-state index in [9.17, 15) is 0 Å². The summed E-state index contributed by atoms with van der Waals surface area (Å²) in [6.45, 7) is 4.43. The van der Waals surface area contributed by atoms with Gasteiger partial charge >= 0.3 is 0 Å². The highest BCUT2D eigenvalue weighted by atomic mass is 79.9. The van der Waals surface area contributed by atoms with Crippen LogP contribution >= 0.6 is 39.0 Å². The Morgan fingerprint density at radius 1 is 1.41 bits per heavy atom. The van der Waals surface area contributed by atoms with E-state index in [4.69, 9.17) is 0 Å². The third-order valence-corrected chi connectivity index (χ3v) is 4.84. The van der Waals surface area contributed by atoms with E-state index >= 15 is 0 Å². The predicted molar refractivity (Wildman–Crippen MR) is 81.7 cm³/mol. The first-order valence-electron chi connectivity index (χ1n) is 5.47. The number of hydrogen-bond acceptors (Lipinski definition) is 3. The van der Waals surface area contributed by atoms with Crippen LogP contribution in [-0.4, -0.2) is 10.2 Å². The van der Waals surface area contributed by atoms with Gasteiger partial charge < -0.3 is 0 Å². The van der Waals surface area contributed by atoms with Crippen LogP contribution in [0.15, 0.2) is 34.1 Å². The lowest BCUT2D eigenvalue weighted by atomic mass is 10.2. The molecule has 2 aromatic rings. The van der Waals surface area contributed by atoms with Gasteiger partial charge in [0.05, 0.1) is 5.69 Å². The second-order valence-corrected chi connectivity index (χ2v) is 7.42. The van der Waals surface area contributed by atoms with Gasteiger partial charge in [0, 0.05) is 21.2 Å². The Balaban J connectivity index is 2.12. The molecule has 1 heterocycles. The van der Waals surface area contributed by atoms with E-state index in [2.05, 4.69) is 52.3 Å². The van der Waals surface area contributed by atoms with Crippen LogP contribution in [0.2, 0.25) is 0 Å². The lowest BCUT2D eigenvalue weighted by Gasteiger charge is -2.01. The minimum atomic E-state index is 0.660. The lowest BCUT2D eigenvalue weighted by Crippen LogP contribution is -1.88. The van der Waals surface area contributed by atoms with Gasteiger partial charge in [0.25, 0.3) is 0 Å². The molecule has 0 bridgehead atoms. The van der Waals surface area contributed by atoms with Gasteiger partial charge in [-0.2, -0.15) is 11.8 Å². The van der Waals surface area contributed by atoms with E-state index in [-0.39, 0.29) is 0 Å². The molecule has 4 heteroatoms. The molecule has 0 N–H and O–H groups in total. The summed E-state index contributed by atoms with van der Waals surface area (Å²) >= 11 is 7.17. The predicted octanol–water partition coefficient (Wildman–Crippen LogP) is 5.21. The molecule has 90 valence electrons. The summed E-state index contributed by atoms with van der Waals surface area (Å²) in [4.78, 5) is 4.67. The maximum absolute atomic E-state index is 4.67. The molecule has 1 aromatic heterocycles. The third kappa shape index (κ3) is 3.83. The van der Waals surface area contributed by atoms with Crippen LogP contribution in [0.25, 0.3) is 11.3 Å². The molecular weight excluding hydrogens is 314 g/mol. The van der Waals surface area contributed by atoms with Crippen molar-refractivity contribution in [2.45, 2.75) is 24.9 Å². The quantitative estimate of drug-likeness (QED) is 0.764. The van der Waals surface area contributed by atoms with E-state index < -0.39 is 0 Å². The molecule has 0 saturated carbocycles. The molecule has 0 unspecified atom stereocenters. The summed E-state index contributed by atoms with van der Waals surface area (Å²) in [7, 11) is 0. The monoisotopic (exact) mass is 327 g/mol. The topological polar surface area (TPSA) is 12.9 Å². The lowest BCUT2D eigenvalue weighted by molar-refractivity contribution is 1.10. The summed E-state index contributed by atoms with van der Waals surface area (Å²) in [5.41, 5.74) is 2.26. The minimum Gasteiger partial charge on any atom is -0.240 e. The van der Waals surface area contributed by atoms with Crippen molar-refractivity contribution in [3.8, 4) is 11.3 Å². The normalized spacial score (nSPS) is 11.1. The van der Waals surface area contributed by atoms with Crippen molar-refractivity contribution in [3.63, 3.8) is 0 Å². The van der Waals surface area contributed by atoms with Crippen LogP contribution in [0.5, 0.6) is 0 Å². The molecule has 0 saturated heterocycles. The number of thioether (sulfide) groups is 1. The number of benzene rings is 1. The Labute approximate surface area is 119 Å². The zero-order chi connectivity index (χ0) is 12.3. The Bertz CT molecular complexity index is 494. The van der Waals surface area contributed by atoms with E-state index in [1.807, 2.05) is 23.9 Å². The van der Waals surface area contributed by atoms with Gasteiger partial charge in [-0.1, -0.05) is 41.9 Å². The Hall–Kier alpha value is -0.320. The first-order valence-corrected chi connectivity index (χ1v) is 8.19. The van der Waals surface area contributed by atoms with Gasteiger partial charge in [0.15, 0.2) is 0 Å². The molecule has 0 aliphatic heterocycles. The molecule has 17 heavy (non-hydrogen) atoms. The SMILES string of the molecule is CC(C)SCc1nc(-c2cccc(Br)c2)cs1. The van der Waals surface area contributed by atoms with Gasteiger partial charge in [-0.25, -0.2) is 4.98 Å². The zero-order valence-electron chi connectivity index (χ0n) is 9.81. The number of halogens is 1. The molecule has 1 nitrogen and oxygen atoms in total.